The number of likely N-dealkylation sites (N-methyl/N-ethyl adjacent to an activating group) is 1. The molecule has 5 heteroatoms. The van der Waals surface area contributed by atoms with Gasteiger partial charge in [0.2, 0.25) is 11.8 Å². The van der Waals surface area contributed by atoms with Gasteiger partial charge in [-0.15, -0.1) is 0 Å². The molecule has 2 aliphatic heterocycles. The van der Waals surface area contributed by atoms with E-state index in [0.717, 1.165) is 25.9 Å². The molecule has 0 bridgehead atoms. The lowest BCUT2D eigenvalue weighted by atomic mass is 10.0. The van der Waals surface area contributed by atoms with Crippen molar-refractivity contribution in [3.05, 3.63) is 29.8 Å². The van der Waals surface area contributed by atoms with Gasteiger partial charge in [0.1, 0.15) is 0 Å². The van der Waals surface area contributed by atoms with Gasteiger partial charge in [-0.3, -0.25) is 9.59 Å². The van der Waals surface area contributed by atoms with Crippen LogP contribution in [-0.2, 0) is 16.1 Å². The molecular formula is C17H23N3O2. The number of para-hydroxylation sites is 1. The first kappa shape index (κ1) is 14.9. The molecule has 1 saturated heterocycles. The number of hydrogen-bond acceptors (Lipinski definition) is 3. The molecule has 1 aromatic carbocycles. The molecule has 1 atom stereocenters. The van der Waals surface area contributed by atoms with Gasteiger partial charge in [-0.25, -0.2) is 0 Å². The van der Waals surface area contributed by atoms with Crippen LogP contribution >= 0.6 is 0 Å². The summed E-state index contributed by atoms with van der Waals surface area (Å²) in [5, 5.41) is 2.93. The summed E-state index contributed by atoms with van der Waals surface area (Å²) in [5.74, 6) is 0.210. The Morgan fingerprint density at radius 1 is 1.32 bits per heavy atom. The first-order valence-electron chi connectivity index (χ1n) is 7.99. The van der Waals surface area contributed by atoms with Crippen LogP contribution in [0.3, 0.4) is 0 Å². The van der Waals surface area contributed by atoms with E-state index in [9.17, 15) is 9.59 Å². The van der Waals surface area contributed by atoms with Crippen LogP contribution in [0.15, 0.2) is 24.3 Å². The van der Waals surface area contributed by atoms with Crippen LogP contribution in [0.2, 0.25) is 0 Å². The van der Waals surface area contributed by atoms with Crippen molar-refractivity contribution in [2.75, 3.05) is 25.0 Å². The number of rotatable bonds is 2. The van der Waals surface area contributed by atoms with E-state index >= 15 is 0 Å². The van der Waals surface area contributed by atoms with Crippen LogP contribution in [0.1, 0.15) is 31.2 Å². The Balaban J connectivity index is 1.67. The third-order valence-electron chi connectivity index (χ3n) is 4.56. The molecule has 0 saturated carbocycles. The molecule has 1 unspecified atom stereocenters. The van der Waals surface area contributed by atoms with E-state index in [2.05, 4.69) is 29.4 Å². The molecule has 2 aliphatic rings. The van der Waals surface area contributed by atoms with Crippen LogP contribution in [0.25, 0.3) is 0 Å². The quantitative estimate of drug-likeness (QED) is 0.901. The lowest BCUT2D eigenvalue weighted by molar-refractivity contribution is -0.132. The highest BCUT2D eigenvalue weighted by molar-refractivity contribution is 5.80. The van der Waals surface area contributed by atoms with E-state index in [1.165, 1.54) is 11.3 Å². The summed E-state index contributed by atoms with van der Waals surface area (Å²) in [6.07, 6.45) is 2.79. The van der Waals surface area contributed by atoms with Crippen LogP contribution < -0.4 is 10.2 Å². The van der Waals surface area contributed by atoms with E-state index in [0.29, 0.717) is 19.4 Å². The van der Waals surface area contributed by atoms with Crippen molar-refractivity contribution in [2.45, 2.75) is 38.3 Å². The molecule has 0 radical (unpaired) electrons. The van der Waals surface area contributed by atoms with Crippen LogP contribution in [0.4, 0.5) is 5.69 Å². The van der Waals surface area contributed by atoms with Gasteiger partial charge in [0.05, 0.1) is 0 Å². The van der Waals surface area contributed by atoms with Gasteiger partial charge in [-0.05, 0) is 24.5 Å². The van der Waals surface area contributed by atoms with Gasteiger partial charge >= 0.3 is 0 Å². The normalized spacial score (nSPS) is 21.9. The fourth-order valence-electron chi connectivity index (χ4n) is 3.28. The standard InChI is InChI=1S/C17H23N3O2/c1-19-9-10-20(12-13-5-2-3-7-15(13)19)17(22)11-14-6-4-8-16(21)18-14/h2-3,5,7,14H,4,6,8-12H2,1H3,(H,18,21). The summed E-state index contributed by atoms with van der Waals surface area (Å²) in [4.78, 5) is 28.2. The number of benzene rings is 1. The molecule has 0 aliphatic carbocycles. The van der Waals surface area contributed by atoms with Crippen molar-refractivity contribution in [1.82, 2.24) is 10.2 Å². The number of nitrogens with one attached hydrogen (secondary N) is 1. The van der Waals surface area contributed by atoms with Crippen molar-refractivity contribution in [3.63, 3.8) is 0 Å². The first-order chi connectivity index (χ1) is 10.6. The van der Waals surface area contributed by atoms with Gasteiger partial charge in [0.25, 0.3) is 0 Å². The van der Waals surface area contributed by atoms with Crippen molar-refractivity contribution < 1.29 is 9.59 Å². The molecule has 0 spiro atoms. The van der Waals surface area contributed by atoms with E-state index in [-0.39, 0.29) is 17.9 Å². The minimum Gasteiger partial charge on any atom is -0.373 e. The molecule has 22 heavy (non-hydrogen) atoms. The zero-order chi connectivity index (χ0) is 15.5. The zero-order valence-electron chi connectivity index (χ0n) is 13.0. The van der Waals surface area contributed by atoms with Crippen LogP contribution in [-0.4, -0.2) is 42.9 Å². The lowest BCUT2D eigenvalue weighted by Gasteiger charge is -2.27. The van der Waals surface area contributed by atoms with Gasteiger partial charge in [0, 0.05) is 51.3 Å². The Kier molecular flexibility index (Phi) is 4.32. The minimum absolute atomic E-state index is 0.00461. The monoisotopic (exact) mass is 301 g/mol. The van der Waals surface area contributed by atoms with Gasteiger partial charge < -0.3 is 15.1 Å². The zero-order valence-corrected chi connectivity index (χ0v) is 13.0. The van der Waals surface area contributed by atoms with E-state index in [1.54, 1.807) is 0 Å². The number of nitrogens with zero attached hydrogens (tertiary/aromatic N) is 2. The predicted molar refractivity (Wildman–Crippen MR) is 85.5 cm³/mol. The number of carbonyl (C=O) groups excluding carboxylic acids is 2. The smallest absolute Gasteiger partial charge is 0.224 e. The van der Waals surface area contributed by atoms with Crippen LogP contribution in [0, 0.1) is 0 Å². The summed E-state index contributed by atoms with van der Waals surface area (Å²) < 4.78 is 0. The molecule has 3 rings (SSSR count). The summed E-state index contributed by atoms with van der Waals surface area (Å²) >= 11 is 0. The second-order valence-electron chi connectivity index (χ2n) is 6.23. The summed E-state index contributed by atoms with van der Waals surface area (Å²) in [6.45, 7) is 2.21. The Hall–Kier alpha value is -2.04. The highest BCUT2D eigenvalue weighted by Gasteiger charge is 2.25. The van der Waals surface area contributed by atoms with Gasteiger partial charge in [-0.2, -0.15) is 0 Å². The number of hydrogen-bond donors (Lipinski definition) is 1. The summed E-state index contributed by atoms with van der Waals surface area (Å²) in [5.41, 5.74) is 2.38. The number of amides is 2. The topological polar surface area (TPSA) is 52.7 Å². The highest BCUT2D eigenvalue weighted by atomic mass is 16.2. The Labute approximate surface area is 131 Å². The van der Waals surface area contributed by atoms with Gasteiger partial charge in [-0.1, -0.05) is 18.2 Å². The molecule has 118 valence electrons. The minimum atomic E-state index is 0.00461. The van der Waals surface area contributed by atoms with E-state index in [4.69, 9.17) is 0 Å². The largest absolute Gasteiger partial charge is 0.373 e. The molecular weight excluding hydrogens is 278 g/mol. The van der Waals surface area contributed by atoms with E-state index in [1.807, 2.05) is 17.0 Å². The molecule has 1 aromatic rings. The predicted octanol–water partition coefficient (Wildman–Crippen LogP) is 1.52. The second kappa shape index (κ2) is 6.38. The maximum absolute atomic E-state index is 12.6. The summed E-state index contributed by atoms with van der Waals surface area (Å²) in [6, 6.07) is 8.24. The van der Waals surface area contributed by atoms with Crippen molar-refractivity contribution in [3.8, 4) is 0 Å². The number of piperidine rings is 1. The number of carbonyl (C=O) groups is 2. The SMILES string of the molecule is CN1CCN(C(=O)CC2CCCC(=O)N2)Cc2ccccc21. The third-order valence-corrected chi connectivity index (χ3v) is 4.56. The Bertz CT molecular complexity index is 573. The maximum Gasteiger partial charge on any atom is 0.224 e. The van der Waals surface area contributed by atoms with Crippen LogP contribution in [0.5, 0.6) is 0 Å². The number of anilines is 1. The van der Waals surface area contributed by atoms with Gasteiger partial charge in [0.15, 0.2) is 0 Å². The average molecular weight is 301 g/mol. The molecule has 5 nitrogen and oxygen atoms in total. The highest BCUT2D eigenvalue weighted by Crippen LogP contribution is 2.24. The molecule has 1 N–H and O–H groups in total. The average Bonchev–Trinajstić information content (AvgIpc) is 2.67. The molecule has 0 aromatic heterocycles. The Morgan fingerprint density at radius 2 is 2.14 bits per heavy atom. The van der Waals surface area contributed by atoms with Crippen molar-refractivity contribution >= 4 is 17.5 Å². The fraction of sp³-hybridized carbons (Fsp3) is 0.529. The fourth-order valence-corrected chi connectivity index (χ4v) is 3.28. The molecule has 2 amide bonds. The van der Waals surface area contributed by atoms with Crippen molar-refractivity contribution in [2.24, 2.45) is 0 Å². The number of fused-ring (bicyclic) bond motifs is 1. The molecule has 1 fully saturated rings. The maximum atomic E-state index is 12.6. The third kappa shape index (κ3) is 3.24. The Morgan fingerprint density at radius 3 is 2.95 bits per heavy atom. The second-order valence-corrected chi connectivity index (χ2v) is 6.23. The van der Waals surface area contributed by atoms with Crippen molar-refractivity contribution in [1.29, 1.82) is 0 Å². The first-order valence-corrected chi connectivity index (χ1v) is 7.99. The van der Waals surface area contributed by atoms with E-state index < -0.39 is 0 Å². The molecule has 2 heterocycles. The lowest BCUT2D eigenvalue weighted by Crippen LogP contribution is -2.43. The summed E-state index contributed by atoms with van der Waals surface area (Å²) in [7, 11) is 2.06.